The Balaban J connectivity index is 1.61. The van der Waals surface area contributed by atoms with Crippen molar-refractivity contribution in [3.05, 3.63) is 11.6 Å². The van der Waals surface area contributed by atoms with Gasteiger partial charge in [0.25, 0.3) is 11.7 Å². The number of hydrogen-bond donors (Lipinski definition) is 2. The van der Waals surface area contributed by atoms with E-state index in [0.717, 1.165) is 50.5 Å². The van der Waals surface area contributed by atoms with Crippen LogP contribution in [0.5, 0.6) is 0 Å². The quantitative estimate of drug-likeness (QED) is 0.202. The minimum Gasteiger partial charge on any atom is -0.460 e. The van der Waals surface area contributed by atoms with Crippen LogP contribution in [0.15, 0.2) is 11.6 Å². The van der Waals surface area contributed by atoms with Gasteiger partial charge in [0.15, 0.2) is 0 Å². The molecule has 0 radical (unpaired) electrons. The van der Waals surface area contributed by atoms with E-state index in [1.165, 1.54) is 4.90 Å². The molecule has 1 unspecified atom stereocenters. The van der Waals surface area contributed by atoms with Crippen LogP contribution in [0.2, 0.25) is 0 Å². The van der Waals surface area contributed by atoms with Crippen LogP contribution in [0.25, 0.3) is 0 Å². The van der Waals surface area contributed by atoms with Crippen LogP contribution in [-0.2, 0) is 28.7 Å². The Kier molecular flexibility index (Phi) is 13.9. The first-order chi connectivity index (χ1) is 22.7. The molecule has 1 saturated carbocycles. The lowest BCUT2D eigenvalue weighted by Gasteiger charge is -2.45. The molecule has 1 aliphatic carbocycles. The first-order valence-corrected chi connectivity index (χ1v) is 19.0. The average Bonchev–Trinajstić information content (AvgIpc) is 3.06. The number of cyclic esters (lactones) is 1. The normalized spacial score (nSPS) is 40.5. The number of allylic oxidation sites excluding steroid dienone is 2. The lowest BCUT2D eigenvalue weighted by molar-refractivity contribution is -0.275. The number of esters is 1. The van der Waals surface area contributed by atoms with Crippen LogP contribution in [0.4, 0.5) is 0 Å². The Morgan fingerprint density at radius 1 is 0.938 bits per heavy atom. The van der Waals surface area contributed by atoms with Crippen molar-refractivity contribution in [1.82, 2.24) is 4.90 Å². The number of aliphatic hydroxyl groups excluding tert-OH is 1. The van der Waals surface area contributed by atoms with Crippen molar-refractivity contribution in [2.24, 2.45) is 35.5 Å². The zero-order valence-corrected chi connectivity index (χ0v) is 30.5. The van der Waals surface area contributed by atoms with Crippen molar-refractivity contribution in [2.75, 3.05) is 6.54 Å². The van der Waals surface area contributed by atoms with E-state index in [2.05, 4.69) is 27.7 Å². The number of hydrogen-bond acceptors (Lipinski definition) is 8. The third-order valence-electron chi connectivity index (χ3n) is 12.0. The number of carbonyl (C=O) groups excluding carboxylic acids is 4. The number of carbonyl (C=O) groups is 4. The molecule has 3 heterocycles. The van der Waals surface area contributed by atoms with E-state index in [0.29, 0.717) is 63.2 Å². The van der Waals surface area contributed by atoms with Gasteiger partial charge in [-0.2, -0.15) is 0 Å². The molecule has 3 aliphatic heterocycles. The number of rotatable bonds is 3. The number of amides is 1. The maximum Gasteiger partial charge on any atom is 0.329 e. The fraction of sp³-hybridized carbons (Fsp3) is 0.846. The summed E-state index contributed by atoms with van der Waals surface area (Å²) in [6, 6.07) is -0.927. The van der Waals surface area contributed by atoms with Crippen LogP contribution in [0, 0.1) is 35.5 Å². The molecular weight excluding hydrogens is 610 g/mol. The molecule has 2 N–H and O–H groups in total. The largest absolute Gasteiger partial charge is 0.460 e. The van der Waals surface area contributed by atoms with Gasteiger partial charge in [-0.05, 0) is 120 Å². The molecule has 0 aromatic heterocycles. The summed E-state index contributed by atoms with van der Waals surface area (Å²) in [5, 5.41) is 21.8. The zero-order chi connectivity index (χ0) is 35.2. The fourth-order valence-electron chi connectivity index (χ4n) is 8.83. The van der Waals surface area contributed by atoms with Gasteiger partial charge in [0, 0.05) is 25.3 Å². The van der Waals surface area contributed by atoms with Gasteiger partial charge in [0.2, 0.25) is 5.79 Å². The Morgan fingerprint density at radius 2 is 1.65 bits per heavy atom. The third kappa shape index (κ3) is 9.78. The molecule has 1 amide bonds. The molecule has 0 aromatic carbocycles. The van der Waals surface area contributed by atoms with Crippen molar-refractivity contribution in [3.63, 3.8) is 0 Å². The van der Waals surface area contributed by atoms with Crippen LogP contribution >= 0.6 is 0 Å². The van der Waals surface area contributed by atoms with Crippen LogP contribution in [-0.4, -0.2) is 75.2 Å². The number of ketones is 2. The fourth-order valence-corrected chi connectivity index (χ4v) is 8.83. The highest BCUT2D eigenvalue weighted by Gasteiger charge is 2.54. The molecule has 272 valence electrons. The van der Waals surface area contributed by atoms with Gasteiger partial charge in [-0.25, -0.2) is 4.79 Å². The van der Waals surface area contributed by atoms with Gasteiger partial charge < -0.3 is 24.6 Å². The highest BCUT2D eigenvalue weighted by molar-refractivity contribution is 6.39. The molecular formula is C39H63NO8. The summed E-state index contributed by atoms with van der Waals surface area (Å²) in [7, 11) is 0. The molecule has 48 heavy (non-hydrogen) atoms. The monoisotopic (exact) mass is 673 g/mol. The third-order valence-corrected chi connectivity index (χ3v) is 12.0. The summed E-state index contributed by atoms with van der Waals surface area (Å²) in [6.45, 7) is 12.4. The van der Waals surface area contributed by atoms with E-state index in [4.69, 9.17) is 9.47 Å². The summed E-state index contributed by atoms with van der Waals surface area (Å²) in [6.07, 6.45) is 11.1. The Labute approximate surface area is 288 Å². The lowest BCUT2D eigenvalue weighted by Crippen LogP contribution is -2.61. The predicted molar refractivity (Wildman–Crippen MR) is 184 cm³/mol. The van der Waals surface area contributed by atoms with Gasteiger partial charge >= 0.3 is 5.97 Å². The van der Waals surface area contributed by atoms with Gasteiger partial charge in [-0.1, -0.05) is 46.3 Å². The summed E-state index contributed by atoms with van der Waals surface area (Å²) < 4.78 is 12.5. The van der Waals surface area contributed by atoms with Gasteiger partial charge in [-0.15, -0.1) is 0 Å². The molecule has 2 saturated heterocycles. The highest BCUT2D eigenvalue weighted by Crippen LogP contribution is 2.40. The number of piperidine rings is 1. The molecule has 9 nitrogen and oxygen atoms in total. The molecule has 9 heteroatoms. The van der Waals surface area contributed by atoms with E-state index >= 15 is 0 Å². The number of nitrogens with zero attached hydrogens (tertiary/aromatic N) is 1. The summed E-state index contributed by atoms with van der Waals surface area (Å²) in [5.74, 6) is -4.32. The summed E-state index contributed by atoms with van der Waals surface area (Å²) >= 11 is 0. The minimum atomic E-state index is -2.25. The highest BCUT2D eigenvalue weighted by atomic mass is 16.6. The smallest absolute Gasteiger partial charge is 0.329 e. The van der Waals surface area contributed by atoms with Crippen LogP contribution in [0.3, 0.4) is 0 Å². The van der Waals surface area contributed by atoms with E-state index < -0.39 is 41.5 Å². The molecule has 3 fully saturated rings. The van der Waals surface area contributed by atoms with Crippen LogP contribution < -0.4 is 0 Å². The van der Waals surface area contributed by atoms with Crippen molar-refractivity contribution >= 4 is 23.4 Å². The maximum absolute atomic E-state index is 14.0. The minimum absolute atomic E-state index is 0.00928. The standard InChI is InChI=1S/C39H63NO8/c1-24-10-15-31(41)16-12-26(3)35(28(5)23-30-13-17-32(42)18-14-30)47-38(45)33-9-7-8-20-40(33)37(44)36(43)39(46)29(6)22-27(4)34(48-39)19-11-25(2)21-24/h10,25-30,32-35,42,46H,7-9,11-23H2,1-6H3/b24-10+/t25-,26-,27+,28-,29-,30?,32?,33+,34-,35?,39-/m1/s1. The van der Waals surface area contributed by atoms with Gasteiger partial charge in [-0.3, -0.25) is 14.4 Å². The average molecular weight is 674 g/mol. The van der Waals surface area contributed by atoms with Crippen molar-refractivity contribution in [2.45, 2.75) is 168 Å². The Morgan fingerprint density at radius 3 is 2.35 bits per heavy atom. The molecule has 4 rings (SSSR count). The number of aliphatic hydroxyl groups is 2. The second-order valence-corrected chi connectivity index (χ2v) is 16.3. The second-order valence-electron chi connectivity index (χ2n) is 16.3. The van der Waals surface area contributed by atoms with E-state index in [-0.39, 0.29) is 42.3 Å². The topological polar surface area (TPSA) is 130 Å². The number of fused-ring (bicyclic) bond motifs is 3. The summed E-state index contributed by atoms with van der Waals surface area (Å²) in [4.78, 5) is 56.2. The van der Waals surface area contributed by atoms with E-state index in [1.807, 2.05) is 13.0 Å². The van der Waals surface area contributed by atoms with Crippen molar-refractivity contribution in [3.8, 4) is 0 Å². The number of ether oxygens (including phenoxy) is 2. The molecule has 0 spiro atoms. The Bertz CT molecular complexity index is 1160. The molecule has 2 bridgehead atoms. The van der Waals surface area contributed by atoms with Crippen molar-refractivity contribution < 1.29 is 38.9 Å². The van der Waals surface area contributed by atoms with Crippen LogP contribution in [0.1, 0.15) is 138 Å². The van der Waals surface area contributed by atoms with E-state index in [9.17, 15) is 29.4 Å². The molecule has 0 aromatic rings. The SMILES string of the molecule is C/C1=C\CC(=O)CC[C@@H](C)C([C@H](C)CC2CCC(O)CC2)OC(=O)[C@@H]2CCCCN2C(=O)C(=O)[C@]2(O)O[C@H](CC[C@@H](C)C1)[C@@H](C)C[C@H]2C. The van der Waals surface area contributed by atoms with Gasteiger partial charge in [0.05, 0.1) is 12.2 Å². The van der Waals surface area contributed by atoms with Crippen molar-refractivity contribution in [1.29, 1.82) is 0 Å². The second kappa shape index (κ2) is 17.2. The zero-order valence-electron chi connectivity index (χ0n) is 30.5. The lowest BCUT2D eigenvalue weighted by atomic mass is 9.78. The maximum atomic E-state index is 14.0. The summed E-state index contributed by atoms with van der Waals surface area (Å²) in [5.41, 5.74) is 1.16. The first kappa shape index (κ1) is 38.7. The number of Topliss-reactive ketones (excluding diaryl/α,β-unsaturated/α-hetero) is 2. The van der Waals surface area contributed by atoms with E-state index in [1.54, 1.807) is 6.92 Å². The Hall–Kier alpha value is -2.10. The molecule has 9 atom stereocenters. The predicted octanol–water partition coefficient (Wildman–Crippen LogP) is 6.32. The molecule has 4 aliphatic rings. The van der Waals surface area contributed by atoms with Gasteiger partial charge in [0.1, 0.15) is 17.9 Å². The first-order valence-electron chi connectivity index (χ1n) is 19.0.